The maximum atomic E-state index is 13.1. The first kappa shape index (κ1) is 21.1. The summed E-state index contributed by atoms with van der Waals surface area (Å²) in [6, 6.07) is 25.5. The maximum Gasteiger partial charge on any atom is 0.365 e. The van der Waals surface area contributed by atoms with E-state index in [1.807, 2.05) is 60.7 Å². The zero-order valence-electron chi connectivity index (χ0n) is 18.3. The Kier molecular flexibility index (Phi) is 5.39. The minimum Gasteiger partial charge on any atom is -0.270 e. The summed E-state index contributed by atoms with van der Waals surface area (Å²) in [6.45, 7) is 1.24. The molecule has 0 atom stereocenters. The third-order valence-electron chi connectivity index (χ3n) is 5.48. The van der Waals surface area contributed by atoms with E-state index in [4.69, 9.17) is 0 Å². The van der Waals surface area contributed by atoms with Gasteiger partial charge in [-0.1, -0.05) is 78.9 Å². The van der Waals surface area contributed by atoms with E-state index < -0.39 is 23.7 Å². The SMILES string of the molecule is Cc1nn(C(=O)Cn2nc(-c3ccccc3)c(-c3ccccc3)nc2=O)c(=O)c2ccccc12. The van der Waals surface area contributed by atoms with E-state index in [2.05, 4.69) is 15.2 Å². The Balaban J connectivity index is 1.61. The Morgan fingerprint density at radius 1 is 0.735 bits per heavy atom. The molecule has 3 aromatic carbocycles. The van der Waals surface area contributed by atoms with Crippen LogP contribution in [0.4, 0.5) is 0 Å². The molecule has 0 bridgehead atoms. The largest absolute Gasteiger partial charge is 0.365 e. The molecule has 2 aromatic heterocycles. The van der Waals surface area contributed by atoms with Gasteiger partial charge in [-0.3, -0.25) is 9.59 Å². The molecule has 34 heavy (non-hydrogen) atoms. The lowest BCUT2D eigenvalue weighted by atomic mass is 10.0. The molecule has 2 heterocycles. The van der Waals surface area contributed by atoms with E-state index in [0.29, 0.717) is 27.9 Å². The van der Waals surface area contributed by atoms with Crippen molar-refractivity contribution in [3.05, 3.63) is 111 Å². The lowest BCUT2D eigenvalue weighted by Crippen LogP contribution is -2.37. The molecule has 0 amide bonds. The van der Waals surface area contributed by atoms with Crippen LogP contribution in [0.3, 0.4) is 0 Å². The summed E-state index contributed by atoms with van der Waals surface area (Å²) in [7, 11) is 0. The van der Waals surface area contributed by atoms with Crippen molar-refractivity contribution in [2.75, 3.05) is 0 Å². The maximum absolute atomic E-state index is 13.1. The summed E-state index contributed by atoms with van der Waals surface area (Å²) >= 11 is 0. The van der Waals surface area contributed by atoms with E-state index in [9.17, 15) is 14.4 Å². The Hall–Kier alpha value is -4.72. The van der Waals surface area contributed by atoms with Gasteiger partial charge in [-0.2, -0.15) is 19.9 Å². The quantitative estimate of drug-likeness (QED) is 0.417. The van der Waals surface area contributed by atoms with Gasteiger partial charge in [0, 0.05) is 16.5 Å². The van der Waals surface area contributed by atoms with Crippen LogP contribution in [0.15, 0.2) is 94.5 Å². The topological polar surface area (TPSA) is 99.7 Å². The number of nitrogens with zero attached hydrogens (tertiary/aromatic N) is 5. The van der Waals surface area contributed by atoms with Crippen molar-refractivity contribution in [3.8, 4) is 22.5 Å². The fraction of sp³-hybridized carbons (Fsp3) is 0.0769. The number of carbonyl (C=O) groups is 1. The molecule has 0 N–H and O–H groups in total. The molecule has 0 fully saturated rings. The van der Waals surface area contributed by atoms with Gasteiger partial charge in [0.15, 0.2) is 0 Å². The molecular weight excluding hydrogens is 430 g/mol. The summed E-state index contributed by atoms with van der Waals surface area (Å²) in [5.74, 6) is -0.679. The Morgan fingerprint density at radius 2 is 1.29 bits per heavy atom. The van der Waals surface area contributed by atoms with Gasteiger partial charge < -0.3 is 0 Å². The van der Waals surface area contributed by atoms with Crippen LogP contribution in [0.5, 0.6) is 0 Å². The van der Waals surface area contributed by atoms with Crippen LogP contribution in [-0.4, -0.2) is 30.5 Å². The summed E-state index contributed by atoms with van der Waals surface area (Å²) in [6.07, 6.45) is 0. The summed E-state index contributed by atoms with van der Waals surface area (Å²) in [5.41, 5.74) is 1.63. The third kappa shape index (κ3) is 3.81. The number of hydrogen-bond acceptors (Lipinski definition) is 6. The fourth-order valence-corrected chi connectivity index (χ4v) is 3.82. The molecule has 8 heteroatoms. The van der Waals surface area contributed by atoms with Crippen LogP contribution >= 0.6 is 0 Å². The van der Waals surface area contributed by atoms with E-state index >= 15 is 0 Å². The summed E-state index contributed by atoms with van der Waals surface area (Å²) in [5, 5.41) is 9.69. The second kappa shape index (κ2) is 8.67. The molecule has 0 aliphatic rings. The van der Waals surface area contributed by atoms with Gasteiger partial charge in [-0.25, -0.2) is 9.48 Å². The van der Waals surface area contributed by atoms with Crippen molar-refractivity contribution in [2.45, 2.75) is 13.5 Å². The van der Waals surface area contributed by atoms with Crippen molar-refractivity contribution in [3.63, 3.8) is 0 Å². The van der Waals surface area contributed by atoms with E-state index in [1.165, 1.54) is 0 Å². The smallest absolute Gasteiger partial charge is 0.270 e. The van der Waals surface area contributed by atoms with Gasteiger partial charge in [0.1, 0.15) is 17.9 Å². The zero-order valence-corrected chi connectivity index (χ0v) is 18.3. The molecule has 0 radical (unpaired) electrons. The van der Waals surface area contributed by atoms with E-state index in [-0.39, 0.29) is 0 Å². The van der Waals surface area contributed by atoms with Gasteiger partial charge in [-0.15, -0.1) is 0 Å². The average molecular weight is 449 g/mol. The number of aryl methyl sites for hydroxylation is 1. The van der Waals surface area contributed by atoms with E-state index in [0.717, 1.165) is 20.5 Å². The van der Waals surface area contributed by atoms with Crippen LogP contribution in [0, 0.1) is 6.92 Å². The van der Waals surface area contributed by atoms with Gasteiger partial charge in [0.25, 0.3) is 11.5 Å². The van der Waals surface area contributed by atoms with Crippen LogP contribution in [0.2, 0.25) is 0 Å². The molecule has 0 aliphatic carbocycles. The van der Waals surface area contributed by atoms with Crippen molar-refractivity contribution >= 4 is 16.7 Å². The number of rotatable bonds is 4. The fourth-order valence-electron chi connectivity index (χ4n) is 3.82. The second-order valence-electron chi connectivity index (χ2n) is 7.72. The first-order valence-corrected chi connectivity index (χ1v) is 10.6. The van der Waals surface area contributed by atoms with Crippen LogP contribution in [0.1, 0.15) is 10.5 Å². The van der Waals surface area contributed by atoms with Gasteiger partial charge in [0.05, 0.1) is 11.1 Å². The standard InChI is InChI=1S/C26H19N5O3/c1-17-20-14-8-9-15-21(20)25(33)31(28-17)22(32)16-30-26(34)27-23(18-10-4-2-5-11-18)24(29-30)19-12-6-3-7-13-19/h2-15H,16H2,1H3. The van der Waals surface area contributed by atoms with Gasteiger partial charge in [-0.05, 0) is 13.0 Å². The number of hydrogen-bond donors (Lipinski definition) is 0. The lowest BCUT2D eigenvalue weighted by Gasteiger charge is -2.12. The highest BCUT2D eigenvalue weighted by atomic mass is 16.2. The molecule has 0 saturated heterocycles. The Bertz CT molecular complexity index is 1640. The van der Waals surface area contributed by atoms with Crippen LogP contribution < -0.4 is 11.2 Å². The number of fused-ring (bicyclic) bond motifs is 1. The van der Waals surface area contributed by atoms with Crippen molar-refractivity contribution in [2.24, 2.45) is 0 Å². The van der Waals surface area contributed by atoms with Gasteiger partial charge >= 0.3 is 5.69 Å². The van der Waals surface area contributed by atoms with Crippen LogP contribution in [0.25, 0.3) is 33.3 Å². The molecule has 0 aliphatic heterocycles. The first-order valence-electron chi connectivity index (χ1n) is 10.6. The zero-order chi connectivity index (χ0) is 23.7. The number of aromatic nitrogens is 5. The highest BCUT2D eigenvalue weighted by Gasteiger charge is 2.19. The van der Waals surface area contributed by atoms with Crippen molar-refractivity contribution in [1.82, 2.24) is 24.5 Å². The van der Waals surface area contributed by atoms with Crippen molar-refractivity contribution < 1.29 is 4.79 Å². The molecule has 0 unspecified atom stereocenters. The highest BCUT2D eigenvalue weighted by Crippen LogP contribution is 2.27. The molecule has 5 rings (SSSR count). The Morgan fingerprint density at radius 3 is 1.94 bits per heavy atom. The molecule has 0 saturated carbocycles. The predicted molar refractivity (Wildman–Crippen MR) is 129 cm³/mol. The van der Waals surface area contributed by atoms with Crippen molar-refractivity contribution in [1.29, 1.82) is 0 Å². The minimum absolute atomic E-state index is 0.381. The van der Waals surface area contributed by atoms with Crippen LogP contribution in [-0.2, 0) is 6.54 Å². The predicted octanol–water partition coefficient (Wildman–Crippen LogP) is 3.33. The molecule has 0 spiro atoms. The second-order valence-corrected chi connectivity index (χ2v) is 7.72. The normalized spacial score (nSPS) is 11.0. The molecule has 166 valence electrons. The Labute approximate surface area is 193 Å². The highest BCUT2D eigenvalue weighted by molar-refractivity contribution is 5.87. The minimum atomic E-state index is -0.697. The number of carbonyl (C=O) groups excluding carboxylic acids is 1. The monoisotopic (exact) mass is 449 g/mol. The number of benzene rings is 3. The lowest BCUT2D eigenvalue weighted by molar-refractivity contribution is 0.0861. The third-order valence-corrected chi connectivity index (χ3v) is 5.48. The first-order chi connectivity index (χ1) is 16.5. The summed E-state index contributed by atoms with van der Waals surface area (Å²) in [4.78, 5) is 43.0. The van der Waals surface area contributed by atoms with E-state index in [1.54, 1.807) is 31.2 Å². The average Bonchev–Trinajstić information content (AvgIpc) is 2.88. The molecule has 5 aromatic rings. The molecular formula is C26H19N5O3. The summed E-state index contributed by atoms with van der Waals surface area (Å²) < 4.78 is 1.76. The van der Waals surface area contributed by atoms with Gasteiger partial charge in [0.2, 0.25) is 0 Å². The molecule has 8 nitrogen and oxygen atoms in total.